The highest BCUT2D eigenvalue weighted by molar-refractivity contribution is 6.04. The summed E-state index contributed by atoms with van der Waals surface area (Å²) in [5.41, 5.74) is -0.305. The molecule has 1 amide bonds. The second-order valence-corrected chi connectivity index (χ2v) is 5.64. The van der Waals surface area contributed by atoms with Gasteiger partial charge in [0.25, 0.3) is 0 Å². The van der Waals surface area contributed by atoms with E-state index in [9.17, 15) is 9.59 Å². The monoisotopic (exact) mass is 364 g/mol. The Hall–Kier alpha value is -2.76. The van der Waals surface area contributed by atoms with Gasteiger partial charge in [-0.25, -0.2) is 9.97 Å². The molecule has 6 nitrogen and oxygen atoms in total. The van der Waals surface area contributed by atoms with Crippen LogP contribution in [0.25, 0.3) is 0 Å². The maximum absolute atomic E-state index is 13.5. The van der Waals surface area contributed by atoms with Gasteiger partial charge in [0, 0.05) is 33.6 Å². The second-order valence-electron chi connectivity index (χ2n) is 5.64. The Morgan fingerprint density at radius 2 is 2.23 bits per heavy atom. The number of nitrogens with zero attached hydrogens (tertiary/aromatic N) is 4. The van der Waals surface area contributed by atoms with Crippen LogP contribution in [0.4, 0.5) is 11.5 Å². The maximum Gasteiger partial charge on any atom is 0.249 e. The lowest BCUT2D eigenvalue weighted by Crippen LogP contribution is -2.55. The van der Waals surface area contributed by atoms with E-state index < -0.39 is 68.7 Å². The number of Topliss-reactive ketones (excluding diaryl/α,β-unsaturated/α-hetero) is 1. The SMILES string of the molecule is [2H]C([2H])([2H])N1C(=O)C(C([2H])([2H])C([2H])([2H])[2H])N(C([2H])(C)C([2H])([2H])[2H])c2nc(CC(=O)c3ccccc3)ncc21. The number of likely N-dealkylation sites (N-methyl/N-ethyl adjacent to an activating group) is 1. The van der Waals surface area contributed by atoms with Gasteiger partial charge < -0.3 is 9.80 Å². The molecule has 136 valence electrons. The standard InChI is InChI=1S/C20H24N4O2/c1-5-15-20(26)23(4)16-12-21-18(22-19(16)24(15)13(2)3)11-17(25)14-9-7-6-8-10-14/h6-10,12-13,15H,5,11H2,1-4H3/i1D3,2D3,4D3,5D2,13D. The summed E-state index contributed by atoms with van der Waals surface area (Å²) < 4.78 is 95.5. The van der Waals surface area contributed by atoms with Gasteiger partial charge >= 0.3 is 0 Å². The highest BCUT2D eigenvalue weighted by atomic mass is 16.2. The molecule has 0 fully saturated rings. The first-order chi connectivity index (χ1) is 17.1. The van der Waals surface area contributed by atoms with Crippen LogP contribution < -0.4 is 9.80 Å². The van der Waals surface area contributed by atoms with Crippen LogP contribution in [0.3, 0.4) is 0 Å². The number of anilines is 2. The molecule has 0 radical (unpaired) electrons. The number of carbonyl (C=O) groups is 2. The minimum Gasteiger partial charge on any atom is -0.340 e. The molecule has 2 atom stereocenters. The zero-order chi connectivity index (χ0) is 29.1. The largest absolute Gasteiger partial charge is 0.340 e. The van der Waals surface area contributed by atoms with Gasteiger partial charge in [-0.05, 0) is 20.1 Å². The molecule has 0 N–H and O–H groups in total. The average molecular weight is 365 g/mol. The van der Waals surface area contributed by atoms with E-state index in [0.717, 1.165) is 13.1 Å². The summed E-state index contributed by atoms with van der Waals surface area (Å²) in [6.45, 7) is -9.29. The van der Waals surface area contributed by atoms with Crippen molar-refractivity contribution >= 4 is 23.2 Å². The van der Waals surface area contributed by atoms with E-state index in [2.05, 4.69) is 9.97 Å². The third kappa shape index (κ3) is 3.19. The third-order valence-electron chi connectivity index (χ3n) is 3.89. The maximum atomic E-state index is 13.5. The van der Waals surface area contributed by atoms with Crippen molar-refractivity contribution in [3.8, 4) is 0 Å². The summed E-state index contributed by atoms with van der Waals surface area (Å²) in [5.74, 6) is -3.01. The van der Waals surface area contributed by atoms with Gasteiger partial charge in [0.2, 0.25) is 5.91 Å². The number of fused-ring (bicyclic) bond motifs is 1. The predicted octanol–water partition coefficient (Wildman–Crippen LogP) is 2.87. The molecule has 2 heterocycles. The first-order valence-corrected chi connectivity index (χ1v) is 7.70. The van der Waals surface area contributed by atoms with Crippen molar-refractivity contribution in [3.05, 3.63) is 47.9 Å². The van der Waals surface area contributed by atoms with Gasteiger partial charge in [-0.15, -0.1) is 0 Å². The molecule has 0 bridgehead atoms. The summed E-state index contributed by atoms with van der Waals surface area (Å²) in [4.78, 5) is 34.8. The molecule has 2 unspecified atom stereocenters. The first-order valence-electron chi connectivity index (χ1n) is 13.7. The van der Waals surface area contributed by atoms with E-state index in [1.165, 1.54) is 12.1 Å². The summed E-state index contributed by atoms with van der Waals surface area (Å²) in [6.07, 6.45) is -3.14. The number of ketones is 1. The number of hydrogen-bond acceptors (Lipinski definition) is 5. The normalized spacial score (nSPS) is 27.9. The van der Waals surface area contributed by atoms with Crippen molar-refractivity contribution in [3.63, 3.8) is 0 Å². The van der Waals surface area contributed by atoms with Gasteiger partial charge in [-0.2, -0.15) is 0 Å². The zero-order valence-electron chi connectivity index (χ0n) is 25.9. The predicted molar refractivity (Wildman–Crippen MR) is 102 cm³/mol. The summed E-state index contributed by atoms with van der Waals surface area (Å²) in [5, 5.41) is 0. The molecule has 1 aromatic heterocycles. The zero-order valence-corrected chi connectivity index (χ0v) is 13.9. The fraction of sp³-hybridized carbons (Fsp3) is 0.400. The van der Waals surface area contributed by atoms with Crippen molar-refractivity contribution < 1.29 is 26.0 Å². The van der Waals surface area contributed by atoms with E-state index in [0.29, 0.717) is 4.90 Å². The van der Waals surface area contributed by atoms with Crippen LogP contribution in [0.2, 0.25) is 0 Å². The van der Waals surface area contributed by atoms with Crippen LogP contribution in [0.15, 0.2) is 36.5 Å². The van der Waals surface area contributed by atoms with Crippen molar-refractivity contribution in [1.29, 1.82) is 0 Å². The van der Waals surface area contributed by atoms with Gasteiger partial charge in [0.1, 0.15) is 17.6 Å². The molecule has 1 aliphatic heterocycles. The summed E-state index contributed by atoms with van der Waals surface area (Å²) >= 11 is 0. The van der Waals surface area contributed by atoms with Crippen LogP contribution in [0.1, 0.15) is 59.6 Å². The van der Waals surface area contributed by atoms with Gasteiger partial charge in [0.05, 0.1) is 14.0 Å². The van der Waals surface area contributed by atoms with Crippen LogP contribution in [-0.4, -0.2) is 40.7 Å². The number of rotatable bonds is 5. The van der Waals surface area contributed by atoms with Crippen molar-refractivity contribution in [1.82, 2.24) is 9.97 Å². The van der Waals surface area contributed by atoms with E-state index in [-0.39, 0.29) is 16.3 Å². The van der Waals surface area contributed by atoms with E-state index >= 15 is 0 Å². The Morgan fingerprint density at radius 3 is 2.92 bits per heavy atom. The Labute approximate surface area is 170 Å². The number of benzene rings is 1. The van der Waals surface area contributed by atoms with Gasteiger partial charge in [-0.3, -0.25) is 9.59 Å². The molecule has 26 heavy (non-hydrogen) atoms. The molecular weight excluding hydrogens is 328 g/mol. The molecule has 6 heteroatoms. The molecule has 2 aromatic rings. The van der Waals surface area contributed by atoms with E-state index in [1.807, 2.05) is 0 Å². The molecule has 0 aliphatic carbocycles. The molecule has 0 spiro atoms. The van der Waals surface area contributed by atoms with Crippen molar-refractivity contribution in [2.24, 2.45) is 0 Å². The number of amides is 1. The minimum atomic E-state index is -3.55. The van der Waals surface area contributed by atoms with Crippen molar-refractivity contribution in [2.75, 3.05) is 16.8 Å². The fourth-order valence-corrected chi connectivity index (χ4v) is 2.64. The fourth-order valence-electron chi connectivity index (χ4n) is 2.64. The van der Waals surface area contributed by atoms with Crippen LogP contribution in [-0.2, 0) is 11.2 Å². The first kappa shape index (κ1) is 8.29. The highest BCUT2D eigenvalue weighted by Gasteiger charge is 2.38. The molecule has 1 aromatic carbocycles. The minimum absolute atomic E-state index is 0.117. The lowest BCUT2D eigenvalue weighted by atomic mass is 10.0. The smallest absolute Gasteiger partial charge is 0.249 e. The van der Waals surface area contributed by atoms with E-state index in [4.69, 9.17) is 16.4 Å². The summed E-state index contributed by atoms with van der Waals surface area (Å²) in [7, 11) is 0. The summed E-state index contributed by atoms with van der Waals surface area (Å²) in [6, 6.07) is 2.48. The van der Waals surface area contributed by atoms with Crippen LogP contribution >= 0.6 is 0 Å². The molecule has 0 saturated heterocycles. The van der Waals surface area contributed by atoms with Crippen LogP contribution in [0.5, 0.6) is 0 Å². The van der Waals surface area contributed by atoms with E-state index in [1.54, 1.807) is 18.2 Å². The Kier molecular flexibility index (Phi) is 2.31. The third-order valence-corrected chi connectivity index (χ3v) is 3.89. The number of carbonyl (C=O) groups excluding carboxylic acids is 2. The number of aromatic nitrogens is 2. The van der Waals surface area contributed by atoms with Crippen molar-refractivity contribution in [2.45, 2.75) is 45.5 Å². The van der Waals surface area contributed by atoms with Gasteiger partial charge in [-0.1, -0.05) is 37.2 Å². The Balaban J connectivity index is 2.33. The highest BCUT2D eigenvalue weighted by Crippen LogP contribution is 2.35. The molecule has 1 aliphatic rings. The average Bonchev–Trinajstić information content (AvgIpc) is 2.76. The Morgan fingerprint density at radius 1 is 1.42 bits per heavy atom. The second kappa shape index (κ2) is 7.23. The molecular formula is C20H24N4O2. The quantitative estimate of drug-likeness (QED) is 0.763. The number of hydrogen-bond donors (Lipinski definition) is 0. The molecule has 3 rings (SSSR count). The Bertz CT molecular complexity index is 1230. The van der Waals surface area contributed by atoms with Gasteiger partial charge in [0.15, 0.2) is 11.6 Å². The topological polar surface area (TPSA) is 66.4 Å². The van der Waals surface area contributed by atoms with Crippen LogP contribution in [0, 0.1) is 0 Å². The lowest BCUT2D eigenvalue weighted by Gasteiger charge is -2.42. The molecule has 0 saturated carbocycles. The lowest BCUT2D eigenvalue weighted by molar-refractivity contribution is -0.120.